The molecule has 0 saturated carbocycles. The molecule has 0 saturated heterocycles. The maximum Gasteiger partial charge on any atom is 0.0576 e. The lowest BCUT2D eigenvalue weighted by atomic mass is 9.87. The van der Waals surface area contributed by atoms with E-state index in [0.29, 0.717) is 13.2 Å². The number of nitrogens with zero attached hydrogens (tertiary/aromatic N) is 4. The Morgan fingerprint density at radius 3 is 1.02 bits per heavy atom. The van der Waals surface area contributed by atoms with Crippen molar-refractivity contribution in [3.8, 4) is 0 Å². The molecule has 0 N–H and O–H groups in total. The molecule has 2 atom stereocenters. The fraction of sp³-hybridized carbons (Fsp3) is 0.368. The lowest BCUT2D eigenvalue weighted by molar-refractivity contribution is 0.120. The van der Waals surface area contributed by atoms with Gasteiger partial charge in [0.25, 0.3) is 0 Å². The van der Waals surface area contributed by atoms with Gasteiger partial charge in [0.15, 0.2) is 0 Å². The first-order valence-electron chi connectivity index (χ1n) is 15.1. The molecular formula is C38H50N4O. The minimum Gasteiger partial charge on any atom is -0.379 e. The second kappa shape index (κ2) is 14.0. The Labute approximate surface area is 260 Å². The summed E-state index contributed by atoms with van der Waals surface area (Å²) in [5, 5.41) is 0. The zero-order chi connectivity index (χ0) is 31.3. The van der Waals surface area contributed by atoms with Gasteiger partial charge in [0, 0.05) is 91.0 Å². The molecule has 0 aliphatic rings. The third-order valence-corrected chi connectivity index (χ3v) is 8.48. The Morgan fingerprint density at radius 2 is 0.744 bits per heavy atom. The van der Waals surface area contributed by atoms with Gasteiger partial charge in [-0.3, -0.25) is 0 Å². The van der Waals surface area contributed by atoms with Crippen LogP contribution in [-0.4, -0.2) is 69.6 Å². The summed E-state index contributed by atoms with van der Waals surface area (Å²) >= 11 is 0. The van der Waals surface area contributed by atoms with Crippen LogP contribution in [0.5, 0.6) is 0 Å². The fourth-order valence-corrected chi connectivity index (χ4v) is 5.70. The van der Waals surface area contributed by atoms with Gasteiger partial charge in [-0.2, -0.15) is 0 Å². The van der Waals surface area contributed by atoms with Gasteiger partial charge in [0.1, 0.15) is 0 Å². The van der Waals surface area contributed by atoms with Crippen molar-refractivity contribution in [2.24, 2.45) is 0 Å². The normalized spacial score (nSPS) is 12.5. The average Bonchev–Trinajstić information content (AvgIpc) is 2.98. The predicted molar refractivity (Wildman–Crippen MR) is 187 cm³/mol. The van der Waals surface area contributed by atoms with Crippen LogP contribution in [0, 0.1) is 13.8 Å². The lowest BCUT2D eigenvalue weighted by Crippen LogP contribution is -2.18. The van der Waals surface area contributed by atoms with Gasteiger partial charge in [0.05, 0.1) is 13.2 Å². The SMILES string of the molecule is Cc1cc(N(C)C)ccc1C(COCC(c1ccc(N(C)C)cc1)c1ccc(N(C)C)cc1C)c1ccc(N(C)C)cc1. The third kappa shape index (κ3) is 7.71. The number of hydrogen-bond acceptors (Lipinski definition) is 5. The summed E-state index contributed by atoms with van der Waals surface area (Å²) in [6, 6.07) is 31.4. The molecule has 0 fully saturated rings. The fourth-order valence-electron chi connectivity index (χ4n) is 5.70. The number of anilines is 4. The van der Waals surface area contributed by atoms with Gasteiger partial charge in [-0.25, -0.2) is 0 Å². The van der Waals surface area contributed by atoms with Crippen LogP contribution in [0.25, 0.3) is 0 Å². The molecule has 5 nitrogen and oxygen atoms in total. The van der Waals surface area contributed by atoms with E-state index in [-0.39, 0.29) is 11.8 Å². The molecule has 228 valence electrons. The van der Waals surface area contributed by atoms with Crippen molar-refractivity contribution in [3.05, 3.63) is 118 Å². The topological polar surface area (TPSA) is 22.2 Å². The first kappa shape index (κ1) is 32.0. The van der Waals surface area contributed by atoms with Crippen molar-refractivity contribution < 1.29 is 4.74 Å². The average molecular weight is 579 g/mol. The molecule has 0 aromatic heterocycles. The molecule has 5 heteroatoms. The summed E-state index contributed by atoms with van der Waals surface area (Å²) in [5.74, 6) is 0.253. The van der Waals surface area contributed by atoms with E-state index in [1.165, 1.54) is 56.1 Å². The van der Waals surface area contributed by atoms with Crippen LogP contribution in [-0.2, 0) is 4.74 Å². The second-order valence-electron chi connectivity index (χ2n) is 12.5. The van der Waals surface area contributed by atoms with Crippen LogP contribution >= 0.6 is 0 Å². The molecule has 4 aromatic carbocycles. The van der Waals surface area contributed by atoms with E-state index in [1.807, 2.05) is 0 Å². The van der Waals surface area contributed by atoms with Gasteiger partial charge in [-0.05, 0) is 95.8 Å². The van der Waals surface area contributed by atoms with Gasteiger partial charge in [-0.1, -0.05) is 36.4 Å². The molecule has 0 radical (unpaired) electrons. The van der Waals surface area contributed by atoms with Crippen LogP contribution in [0.15, 0.2) is 84.9 Å². The number of aryl methyl sites for hydroxylation is 2. The van der Waals surface area contributed by atoms with E-state index < -0.39 is 0 Å². The molecule has 4 aromatic rings. The standard InChI is InChI=1S/C38H50N4O/c1-27-23-33(41(7)8)19-21-35(27)37(29-11-15-31(16-12-29)39(3)4)25-43-26-38(30-13-17-32(18-14-30)40(5)6)36-22-20-34(42(9)10)24-28(36)2/h11-24,37-38H,25-26H2,1-10H3. The van der Waals surface area contributed by atoms with Crippen molar-refractivity contribution in [1.82, 2.24) is 0 Å². The van der Waals surface area contributed by atoms with Gasteiger partial charge in [0.2, 0.25) is 0 Å². The summed E-state index contributed by atoms with van der Waals surface area (Å²) in [6.07, 6.45) is 0. The van der Waals surface area contributed by atoms with Crippen LogP contribution in [0.1, 0.15) is 45.2 Å². The van der Waals surface area contributed by atoms with Crippen LogP contribution in [0.4, 0.5) is 22.7 Å². The first-order valence-corrected chi connectivity index (χ1v) is 15.1. The smallest absolute Gasteiger partial charge is 0.0576 e. The summed E-state index contributed by atoms with van der Waals surface area (Å²) in [5.41, 5.74) is 12.5. The molecule has 2 unspecified atom stereocenters. The number of benzene rings is 4. The molecule has 0 aliphatic carbocycles. The summed E-state index contributed by atoms with van der Waals surface area (Å²) in [6.45, 7) is 5.64. The van der Waals surface area contributed by atoms with Gasteiger partial charge >= 0.3 is 0 Å². The van der Waals surface area contributed by atoms with E-state index in [0.717, 1.165) is 0 Å². The van der Waals surface area contributed by atoms with E-state index in [1.54, 1.807) is 0 Å². The summed E-state index contributed by atoms with van der Waals surface area (Å²) in [4.78, 5) is 8.60. The molecular weight excluding hydrogens is 528 g/mol. The van der Waals surface area contributed by atoms with E-state index >= 15 is 0 Å². The van der Waals surface area contributed by atoms with Crippen LogP contribution in [0.2, 0.25) is 0 Å². The number of hydrogen-bond donors (Lipinski definition) is 0. The molecule has 0 heterocycles. The molecule has 0 aliphatic heterocycles. The van der Waals surface area contributed by atoms with Crippen LogP contribution < -0.4 is 19.6 Å². The van der Waals surface area contributed by atoms with Crippen LogP contribution in [0.3, 0.4) is 0 Å². The Kier molecular flexibility index (Phi) is 10.4. The Bertz CT molecular complexity index is 1360. The van der Waals surface area contributed by atoms with Crippen molar-refractivity contribution in [1.29, 1.82) is 0 Å². The molecule has 0 amide bonds. The Balaban J connectivity index is 1.67. The van der Waals surface area contributed by atoms with Crippen molar-refractivity contribution in [2.45, 2.75) is 25.7 Å². The summed E-state index contributed by atoms with van der Waals surface area (Å²) in [7, 11) is 16.7. The highest BCUT2D eigenvalue weighted by molar-refractivity contribution is 5.55. The van der Waals surface area contributed by atoms with E-state index in [2.05, 4.69) is 175 Å². The molecule has 0 spiro atoms. The zero-order valence-corrected chi connectivity index (χ0v) is 27.8. The third-order valence-electron chi connectivity index (χ3n) is 8.48. The highest BCUT2D eigenvalue weighted by atomic mass is 16.5. The Morgan fingerprint density at radius 1 is 0.442 bits per heavy atom. The maximum atomic E-state index is 6.75. The molecule has 0 bridgehead atoms. The highest BCUT2D eigenvalue weighted by Crippen LogP contribution is 2.34. The zero-order valence-electron chi connectivity index (χ0n) is 27.8. The van der Waals surface area contributed by atoms with Crippen molar-refractivity contribution in [3.63, 3.8) is 0 Å². The minimum atomic E-state index is 0.126. The minimum absolute atomic E-state index is 0.126. The largest absolute Gasteiger partial charge is 0.379 e. The Hall–Kier alpha value is -3.96. The van der Waals surface area contributed by atoms with Gasteiger partial charge in [-0.15, -0.1) is 0 Å². The van der Waals surface area contributed by atoms with Crippen molar-refractivity contribution in [2.75, 3.05) is 89.2 Å². The van der Waals surface area contributed by atoms with E-state index in [9.17, 15) is 0 Å². The van der Waals surface area contributed by atoms with E-state index in [4.69, 9.17) is 4.74 Å². The van der Waals surface area contributed by atoms with Gasteiger partial charge < -0.3 is 24.3 Å². The highest BCUT2D eigenvalue weighted by Gasteiger charge is 2.22. The lowest BCUT2D eigenvalue weighted by Gasteiger charge is -2.26. The summed E-state index contributed by atoms with van der Waals surface area (Å²) < 4.78 is 6.75. The molecule has 43 heavy (non-hydrogen) atoms. The predicted octanol–water partition coefficient (Wildman–Crippen LogP) is 7.55. The number of rotatable bonds is 12. The molecule has 4 rings (SSSR count). The first-order chi connectivity index (χ1) is 20.5. The number of ether oxygens (including phenoxy) is 1. The second-order valence-corrected chi connectivity index (χ2v) is 12.5. The quantitative estimate of drug-likeness (QED) is 0.173. The monoisotopic (exact) mass is 578 g/mol. The van der Waals surface area contributed by atoms with Crippen molar-refractivity contribution >= 4 is 22.7 Å². The maximum absolute atomic E-state index is 6.75.